The van der Waals surface area contributed by atoms with Crippen molar-refractivity contribution in [2.45, 2.75) is 59.0 Å². The molecule has 0 atom stereocenters. The number of fused-ring (bicyclic) bond motifs is 2. The van der Waals surface area contributed by atoms with Crippen molar-refractivity contribution in [1.82, 2.24) is 14.7 Å². The average Bonchev–Trinajstić information content (AvgIpc) is 2.99. The Bertz CT molecular complexity index is 1240. The van der Waals surface area contributed by atoms with Crippen molar-refractivity contribution in [3.63, 3.8) is 0 Å². The van der Waals surface area contributed by atoms with Crippen LogP contribution < -0.4 is 0 Å². The van der Waals surface area contributed by atoms with Crippen LogP contribution in [0, 0.1) is 19.3 Å². The Morgan fingerprint density at radius 1 is 1.13 bits per heavy atom. The van der Waals surface area contributed by atoms with Gasteiger partial charge in [0, 0.05) is 43.7 Å². The van der Waals surface area contributed by atoms with E-state index < -0.39 is 5.54 Å². The summed E-state index contributed by atoms with van der Waals surface area (Å²) in [5.74, 6) is 0.812. The van der Waals surface area contributed by atoms with Gasteiger partial charge in [0.2, 0.25) is 6.26 Å². The van der Waals surface area contributed by atoms with Crippen molar-refractivity contribution in [3.8, 4) is 0 Å². The van der Waals surface area contributed by atoms with E-state index in [1.165, 1.54) is 22.3 Å². The van der Waals surface area contributed by atoms with Gasteiger partial charge in [0.1, 0.15) is 5.76 Å². The molecular formula is C32H44N3O4+. The van der Waals surface area contributed by atoms with Gasteiger partial charge in [0.05, 0.1) is 31.4 Å². The number of ether oxygens (including phenoxy) is 2. The number of aliphatic hydroxyl groups is 3. The van der Waals surface area contributed by atoms with E-state index in [1.807, 2.05) is 16.1 Å². The fourth-order valence-corrected chi connectivity index (χ4v) is 7.19. The van der Waals surface area contributed by atoms with Gasteiger partial charge < -0.3 is 19.5 Å². The molecule has 5 rings (SSSR count). The third-order valence-electron chi connectivity index (χ3n) is 8.93. The van der Waals surface area contributed by atoms with Gasteiger partial charge in [-0.1, -0.05) is 54.8 Å². The molecule has 2 saturated heterocycles. The number of β-amino-alcohol motifs (C(OH)–C–C–N with tert-alkyl or cyclic N) is 1. The number of rotatable bonds is 6. The second-order valence-electron chi connectivity index (χ2n) is 12.1. The molecule has 3 heterocycles. The Labute approximate surface area is 233 Å². The summed E-state index contributed by atoms with van der Waals surface area (Å²) < 4.78 is 9.99. The topological polar surface area (TPSA) is 69.0 Å². The maximum Gasteiger partial charge on any atom is 0.325 e. The molecular weight excluding hydrogens is 490 g/mol. The lowest BCUT2D eigenvalue weighted by Gasteiger charge is -2.45. The fourth-order valence-electron chi connectivity index (χ4n) is 7.19. The first-order chi connectivity index (χ1) is 18.6. The standard InChI is InChI=1S/C32H43N3O4/c1-22-13-23(2)15-24(14-22)19-33-9-7-32(8-10-33)29-18-31(3,4)27-16-26(21-38-5)28(39-6)17-25(27)20-34(29)30(37)35(32)11-12-36/h13-15,17-18,21,36H,7-12,16,19-20H2,1-6H3/p+1/b26-21-. The number of methoxy groups -OCH3 is 1. The molecule has 1 spiro atoms. The Balaban J connectivity index is 1.47. The highest BCUT2D eigenvalue weighted by atomic mass is 16.5. The first kappa shape index (κ1) is 27.5. The molecule has 4 aliphatic rings. The van der Waals surface area contributed by atoms with E-state index in [4.69, 9.17) is 4.74 Å². The molecule has 1 aromatic carbocycles. The number of allylic oxidation sites excluding steroid dienone is 3. The Hall–Kier alpha value is -3.03. The minimum atomic E-state index is -0.407. The van der Waals surface area contributed by atoms with E-state index in [2.05, 4.69) is 67.7 Å². The van der Waals surface area contributed by atoms with Crippen LogP contribution in [0.15, 0.2) is 64.8 Å². The van der Waals surface area contributed by atoms with Crippen LogP contribution in [0.5, 0.6) is 0 Å². The summed E-state index contributed by atoms with van der Waals surface area (Å²) in [6.07, 6.45) is 8.78. The zero-order valence-electron chi connectivity index (χ0n) is 24.4. The van der Waals surface area contributed by atoms with Gasteiger partial charge in [-0.25, -0.2) is 4.79 Å². The maximum absolute atomic E-state index is 14.0. The first-order valence-electron chi connectivity index (χ1n) is 14.1. The van der Waals surface area contributed by atoms with Gasteiger partial charge in [-0.05, 0) is 43.9 Å². The SMILES string of the molecule is COC1=CC2=C(C/C1=C/[OH+]C)C(C)(C)C=C1N(C2)C(=O)N(CCO)C12CCN(Cc1cc(C)cc(C)c1)CC2. The molecule has 0 aromatic heterocycles. The molecule has 7 heteroatoms. The summed E-state index contributed by atoms with van der Waals surface area (Å²) >= 11 is 0. The summed E-state index contributed by atoms with van der Waals surface area (Å²) in [6, 6.07) is 6.77. The summed E-state index contributed by atoms with van der Waals surface area (Å²) in [6.45, 7) is 12.4. The number of carbonyl (C=O) groups is 1. The molecule has 0 bridgehead atoms. The lowest BCUT2D eigenvalue weighted by atomic mass is 9.74. The molecule has 210 valence electrons. The molecule has 1 aliphatic carbocycles. The second-order valence-corrected chi connectivity index (χ2v) is 12.1. The monoisotopic (exact) mass is 534 g/mol. The number of carbonyl (C=O) groups excluding carboxylic acids is 1. The van der Waals surface area contributed by atoms with Gasteiger partial charge in [0.15, 0.2) is 7.11 Å². The maximum atomic E-state index is 14.0. The summed E-state index contributed by atoms with van der Waals surface area (Å²) in [5.41, 5.74) is 7.89. The molecule has 39 heavy (non-hydrogen) atoms. The first-order valence-corrected chi connectivity index (χ1v) is 14.1. The Morgan fingerprint density at radius 3 is 2.44 bits per heavy atom. The van der Waals surface area contributed by atoms with E-state index in [9.17, 15) is 9.90 Å². The van der Waals surface area contributed by atoms with Crippen molar-refractivity contribution >= 4 is 6.03 Å². The quantitative estimate of drug-likeness (QED) is 0.429. The predicted octanol–water partition coefficient (Wildman–Crippen LogP) is 4.56. The molecule has 2 fully saturated rings. The van der Waals surface area contributed by atoms with Crippen LogP contribution in [0.3, 0.4) is 0 Å². The van der Waals surface area contributed by atoms with E-state index >= 15 is 0 Å². The predicted molar refractivity (Wildman–Crippen MR) is 154 cm³/mol. The number of urea groups is 1. The summed E-state index contributed by atoms with van der Waals surface area (Å²) in [5, 5.41) is 9.99. The van der Waals surface area contributed by atoms with E-state index in [1.54, 1.807) is 14.2 Å². The van der Waals surface area contributed by atoms with E-state index in [0.29, 0.717) is 13.1 Å². The van der Waals surface area contributed by atoms with Crippen molar-refractivity contribution in [3.05, 3.63) is 81.5 Å². The van der Waals surface area contributed by atoms with Gasteiger partial charge in [-0.2, -0.15) is 0 Å². The van der Waals surface area contributed by atoms with E-state index in [-0.39, 0.29) is 18.1 Å². The fraction of sp³-hybridized carbons (Fsp3) is 0.531. The lowest BCUT2D eigenvalue weighted by molar-refractivity contribution is 0.0743. The van der Waals surface area contributed by atoms with Crippen LogP contribution in [-0.4, -0.2) is 83.1 Å². The molecule has 0 unspecified atom stereocenters. The van der Waals surface area contributed by atoms with Crippen molar-refractivity contribution in [2.75, 3.05) is 47.0 Å². The third kappa shape index (κ3) is 4.91. The molecule has 2 amide bonds. The number of hydrogen-bond acceptors (Lipinski definition) is 4. The van der Waals surface area contributed by atoms with Crippen LogP contribution in [0.25, 0.3) is 0 Å². The van der Waals surface area contributed by atoms with Gasteiger partial charge >= 0.3 is 6.03 Å². The number of benzene rings is 1. The minimum absolute atomic E-state index is 0.000118. The number of hydrogen-bond donors (Lipinski definition) is 1. The molecule has 1 aromatic rings. The van der Waals surface area contributed by atoms with Crippen LogP contribution in [0.4, 0.5) is 4.79 Å². The van der Waals surface area contributed by atoms with Gasteiger partial charge in [-0.3, -0.25) is 9.80 Å². The third-order valence-corrected chi connectivity index (χ3v) is 8.93. The molecule has 0 saturated carbocycles. The minimum Gasteiger partial charge on any atom is -0.590 e. The number of likely N-dealkylation sites (tertiary alicyclic amines) is 1. The van der Waals surface area contributed by atoms with E-state index in [0.717, 1.165) is 61.5 Å². The average molecular weight is 535 g/mol. The normalized spacial score (nSPS) is 23.5. The molecule has 3 aliphatic heterocycles. The largest absolute Gasteiger partial charge is 0.590 e. The highest BCUT2D eigenvalue weighted by Crippen LogP contribution is 2.51. The van der Waals surface area contributed by atoms with Crippen molar-refractivity contribution < 1.29 is 19.4 Å². The second kappa shape index (κ2) is 10.5. The highest BCUT2D eigenvalue weighted by Gasteiger charge is 2.56. The summed E-state index contributed by atoms with van der Waals surface area (Å²) in [7, 11) is 3.47. The van der Waals surface area contributed by atoms with Crippen LogP contribution >= 0.6 is 0 Å². The van der Waals surface area contributed by atoms with Crippen LogP contribution in [0.2, 0.25) is 0 Å². The van der Waals surface area contributed by atoms with Crippen LogP contribution in [-0.2, 0) is 11.3 Å². The molecule has 2 N–H and O–H groups in total. The van der Waals surface area contributed by atoms with Crippen LogP contribution in [0.1, 0.15) is 49.8 Å². The Morgan fingerprint density at radius 2 is 1.82 bits per heavy atom. The zero-order chi connectivity index (χ0) is 27.9. The number of nitrogens with zero attached hydrogens (tertiary/aromatic N) is 3. The molecule has 0 radical (unpaired) electrons. The number of amides is 2. The smallest absolute Gasteiger partial charge is 0.325 e. The highest BCUT2D eigenvalue weighted by molar-refractivity contribution is 5.83. The Kier molecular flexibility index (Phi) is 7.42. The van der Waals surface area contributed by atoms with Gasteiger partial charge in [0.25, 0.3) is 0 Å². The molecule has 7 nitrogen and oxygen atoms in total. The van der Waals surface area contributed by atoms with Crippen molar-refractivity contribution in [1.29, 1.82) is 0 Å². The lowest BCUT2D eigenvalue weighted by Crippen LogP contribution is -2.54. The zero-order valence-corrected chi connectivity index (χ0v) is 24.4. The number of piperidine rings is 1. The number of aliphatic hydroxyl groups excluding tert-OH is 1. The summed E-state index contributed by atoms with van der Waals surface area (Å²) in [4.78, 5) is 20.4. The van der Waals surface area contributed by atoms with Crippen molar-refractivity contribution in [2.24, 2.45) is 5.41 Å². The van der Waals surface area contributed by atoms with Gasteiger partial charge in [-0.15, -0.1) is 0 Å². The number of aryl methyl sites for hydroxylation is 2.